The van der Waals surface area contributed by atoms with Crippen molar-refractivity contribution in [2.24, 2.45) is 5.92 Å². The average molecular weight is 393 g/mol. The third-order valence-electron chi connectivity index (χ3n) is 5.59. The van der Waals surface area contributed by atoms with Gasteiger partial charge in [0.25, 0.3) is 0 Å². The topological polar surface area (TPSA) is 32.3 Å². The van der Waals surface area contributed by atoms with Crippen molar-refractivity contribution in [3.8, 4) is 0 Å². The Balaban J connectivity index is 1.43. The zero-order valence-corrected chi connectivity index (χ0v) is 16.9. The Labute approximate surface area is 171 Å². The number of fused-ring (bicyclic) bond motifs is 1. The van der Waals surface area contributed by atoms with E-state index in [1.54, 1.807) is 0 Å². The van der Waals surface area contributed by atoms with Gasteiger partial charge in [-0.2, -0.15) is 0 Å². The van der Waals surface area contributed by atoms with Gasteiger partial charge in [-0.05, 0) is 60.3 Å². The Morgan fingerprint density at radius 1 is 1.14 bits per heavy atom. The fraction of sp³-hybridized carbons (Fsp3) is 0.292. The van der Waals surface area contributed by atoms with Crippen LogP contribution in [-0.4, -0.2) is 23.9 Å². The summed E-state index contributed by atoms with van der Waals surface area (Å²) < 4.78 is 0. The SMILES string of the molecule is Cc1ccc(NC(=O)C2CCCN(Cc3cccc4ccccc34)C2)cc1Cl. The van der Waals surface area contributed by atoms with E-state index in [-0.39, 0.29) is 11.8 Å². The van der Waals surface area contributed by atoms with Crippen LogP contribution in [0.4, 0.5) is 5.69 Å². The maximum atomic E-state index is 12.8. The maximum absolute atomic E-state index is 12.8. The van der Waals surface area contributed by atoms with Gasteiger partial charge in [0, 0.05) is 23.8 Å². The number of hydrogen-bond acceptors (Lipinski definition) is 2. The van der Waals surface area contributed by atoms with Crippen molar-refractivity contribution in [2.45, 2.75) is 26.3 Å². The first-order valence-electron chi connectivity index (χ1n) is 9.86. The lowest BCUT2D eigenvalue weighted by molar-refractivity contribution is -0.121. The number of anilines is 1. The fourth-order valence-corrected chi connectivity index (χ4v) is 4.18. The van der Waals surface area contributed by atoms with Crippen LogP contribution in [0.15, 0.2) is 60.7 Å². The van der Waals surface area contributed by atoms with Crippen molar-refractivity contribution in [2.75, 3.05) is 18.4 Å². The van der Waals surface area contributed by atoms with Crippen LogP contribution in [0.3, 0.4) is 0 Å². The van der Waals surface area contributed by atoms with E-state index in [9.17, 15) is 4.79 Å². The van der Waals surface area contributed by atoms with E-state index in [4.69, 9.17) is 11.6 Å². The molecule has 1 atom stereocenters. The van der Waals surface area contributed by atoms with Crippen LogP contribution in [0.1, 0.15) is 24.0 Å². The molecule has 3 nitrogen and oxygen atoms in total. The molecule has 1 fully saturated rings. The van der Waals surface area contributed by atoms with Crippen LogP contribution in [0.25, 0.3) is 10.8 Å². The normalized spacial score (nSPS) is 17.6. The molecule has 0 spiro atoms. The molecule has 4 rings (SSSR count). The lowest BCUT2D eigenvalue weighted by atomic mass is 9.96. The molecule has 1 aliphatic heterocycles. The Bertz CT molecular complexity index is 996. The number of amides is 1. The second-order valence-electron chi connectivity index (χ2n) is 7.67. The maximum Gasteiger partial charge on any atom is 0.228 e. The van der Waals surface area contributed by atoms with Gasteiger partial charge in [0.15, 0.2) is 0 Å². The minimum atomic E-state index is 0.00352. The number of rotatable bonds is 4. The summed E-state index contributed by atoms with van der Waals surface area (Å²) in [4.78, 5) is 15.2. The lowest BCUT2D eigenvalue weighted by Crippen LogP contribution is -2.40. The highest BCUT2D eigenvalue weighted by Gasteiger charge is 2.26. The molecule has 1 N–H and O–H groups in total. The summed E-state index contributed by atoms with van der Waals surface area (Å²) >= 11 is 6.18. The largest absolute Gasteiger partial charge is 0.326 e. The highest BCUT2D eigenvalue weighted by atomic mass is 35.5. The number of nitrogens with zero attached hydrogens (tertiary/aromatic N) is 1. The number of likely N-dealkylation sites (tertiary alicyclic amines) is 1. The van der Waals surface area contributed by atoms with Gasteiger partial charge in [0.2, 0.25) is 5.91 Å². The van der Waals surface area contributed by atoms with Gasteiger partial charge in [-0.25, -0.2) is 0 Å². The molecule has 144 valence electrons. The molecular formula is C24H25ClN2O. The first kappa shape index (κ1) is 19.0. The third kappa shape index (κ3) is 4.21. The van der Waals surface area contributed by atoms with Gasteiger partial charge in [0.1, 0.15) is 0 Å². The predicted molar refractivity (Wildman–Crippen MR) is 117 cm³/mol. The fourth-order valence-electron chi connectivity index (χ4n) is 4.00. The number of halogens is 1. The Kier molecular flexibility index (Phi) is 5.65. The highest BCUT2D eigenvalue weighted by molar-refractivity contribution is 6.31. The van der Waals surface area contributed by atoms with Crippen molar-refractivity contribution in [1.29, 1.82) is 0 Å². The molecular weight excluding hydrogens is 368 g/mol. The van der Waals surface area contributed by atoms with E-state index in [0.29, 0.717) is 5.02 Å². The van der Waals surface area contributed by atoms with Gasteiger partial charge in [0.05, 0.1) is 5.92 Å². The summed E-state index contributed by atoms with van der Waals surface area (Å²) in [6, 6.07) is 20.6. The minimum Gasteiger partial charge on any atom is -0.326 e. The molecule has 1 unspecified atom stereocenters. The minimum absolute atomic E-state index is 0.00352. The molecule has 0 bridgehead atoms. The highest BCUT2D eigenvalue weighted by Crippen LogP contribution is 2.25. The predicted octanol–water partition coefficient (Wildman–Crippen LogP) is 5.65. The van der Waals surface area contributed by atoms with Crippen LogP contribution in [-0.2, 0) is 11.3 Å². The van der Waals surface area contributed by atoms with E-state index in [2.05, 4.69) is 52.7 Å². The number of carbonyl (C=O) groups excluding carboxylic acids is 1. The average Bonchev–Trinajstić information content (AvgIpc) is 2.71. The molecule has 0 aliphatic carbocycles. The van der Waals surface area contributed by atoms with Crippen molar-refractivity contribution >= 4 is 34.0 Å². The first-order chi connectivity index (χ1) is 13.6. The van der Waals surface area contributed by atoms with Crippen LogP contribution < -0.4 is 5.32 Å². The van der Waals surface area contributed by atoms with E-state index in [1.807, 2.05) is 25.1 Å². The molecule has 1 aliphatic rings. The standard InChI is InChI=1S/C24H25ClN2O/c1-17-11-12-21(14-23(17)25)26-24(28)20-9-5-13-27(16-20)15-19-8-4-7-18-6-2-3-10-22(18)19/h2-4,6-8,10-12,14,20H,5,9,13,15-16H2,1H3,(H,26,28). The van der Waals surface area contributed by atoms with Crippen molar-refractivity contribution in [3.05, 3.63) is 76.8 Å². The van der Waals surface area contributed by atoms with Gasteiger partial charge in [-0.3, -0.25) is 9.69 Å². The van der Waals surface area contributed by atoms with Crippen LogP contribution in [0, 0.1) is 12.8 Å². The molecule has 1 heterocycles. The molecule has 3 aromatic rings. The summed E-state index contributed by atoms with van der Waals surface area (Å²) in [7, 11) is 0. The summed E-state index contributed by atoms with van der Waals surface area (Å²) in [6.07, 6.45) is 1.97. The number of carbonyl (C=O) groups is 1. The molecule has 28 heavy (non-hydrogen) atoms. The van der Waals surface area contributed by atoms with Crippen molar-refractivity contribution in [3.63, 3.8) is 0 Å². The monoisotopic (exact) mass is 392 g/mol. The molecule has 4 heteroatoms. The van der Waals surface area contributed by atoms with E-state index in [0.717, 1.165) is 43.7 Å². The van der Waals surface area contributed by atoms with Crippen LogP contribution in [0.2, 0.25) is 5.02 Å². The van der Waals surface area contributed by atoms with Crippen LogP contribution in [0.5, 0.6) is 0 Å². The zero-order chi connectivity index (χ0) is 19.5. The Morgan fingerprint density at radius 3 is 2.82 bits per heavy atom. The van der Waals surface area contributed by atoms with Gasteiger partial charge in [-0.1, -0.05) is 60.1 Å². The van der Waals surface area contributed by atoms with E-state index >= 15 is 0 Å². The van der Waals surface area contributed by atoms with Gasteiger partial charge < -0.3 is 5.32 Å². The first-order valence-corrected chi connectivity index (χ1v) is 10.2. The Hall–Kier alpha value is -2.36. The van der Waals surface area contributed by atoms with E-state index in [1.165, 1.54) is 16.3 Å². The summed E-state index contributed by atoms with van der Waals surface area (Å²) in [6.45, 7) is 4.65. The van der Waals surface area contributed by atoms with E-state index < -0.39 is 0 Å². The molecule has 3 aromatic carbocycles. The summed E-state index contributed by atoms with van der Waals surface area (Å²) in [5, 5.41) is 6.29. The van der Waals surface area contributed by atoms with Crippen LogP contribution >= 0.6 is 11.6 Å². The number of piperidine rings is 1. The summed E-state index contributed by atoms with van der Waals surface area (Å²) in [5.41, 5.74) is 3.11. The smallest absolute Gasteiger partial charge is 0.228 e. The zero-order valence-electron chi connectivity index (χ0n) is 16.1. The Morgan fingerprint density at radius 2 is 1.96 bits per heavy atom. The second-order valence-corrected chi connectivity index (χ2v) is 8.07. The quantitative estimate of drug-likeness (QED) is 0.622. The number of nitrogens with one attached hydrogen (secondary N) is 1. The molecule has 1 amide bonds. The van der Waals surface area contributed by atoms with Gasteiger partial charge in [-0.15, -0.1) is 0 Å². The third-order valence-corrected chi connectivity index (χ3v) is 6.00. The number of benzene rings is 3. The van der Waals surface area contributed by atoms with Gasteiger partial charge >= 0.3 is 0 Å². The van der Waals surface area contributed by atoms with Crippen molar-refractivity contribution < 1.29 is 4.79 Å². The molecule has 1 saturated heterocycles. The number of hydrogen-bond donors (Lipinski definition) is 1. The molecule has 0 saturated carbocycles. The lowest BCUT2D eigenvalue weighted by Gasteiger charge is -2.32. The van der Waals surface area contributed by atoms with Crippen molar-refractivity contribution in [1.82, 2.24) is 4.90 Å². The molecule has 0 radical (unpaired) electrons. The number of aryl methyl sites for hydroxylation is 1. The second kappa shape index (κ2) is 8.34. The summed E-state index contributed by atoms with van der Waals surface area (Å²) in [5.74, 6) is 0.0892. The molecule has 0 aromatic heterocycles.